The smallest absolute Gasteiger partial charge is 0.240 e. The Balaban J connectivity index is 1.82. The van der Waals surface area contributed by atoms with Crippen LogP contribution in [0.3, 0.4) is 0 Å². The van der Waals surface area contributed by atoms with Gasteiger partial charge in [-0.15, -0.1) is 0 Å². The van der Waals surface area contributed by atoms with Gasteiger partial charge in [0.15, 0.2) is 0 Å². The Morgan fingerprint density at radius 2 is 1.80 bits per heavy atom. The van der Waals surface area contributed by atoms with Gasteiger partial charge < -0.3 is 15.8 Å². The minimum atomic E-state index is -0.723. The standard InChI is InChI=1S/C15H29N3O2/c1-14(2,3)18-8-4-12(5-9-18)17-13(19)15(16)6-10-20-11-7-15/h12H,4-11,16H2,1-3H3,(H,17,19). The predicted molar refractivity (Wildman–Crippen MR) is 79.5 cm³/mol. The molecule has 2 rings (SSSR count). The third-order valence-electron chi connectivity index (χ3n) is 4.62. The minimum absolute atomic E-state index is 0.00927. The van der Waals surface area contributed by atoms with Crippen molar-refractivity contribution in [1.82, 2.24) is 10.2 Å². The number of rotatable bonds is 2. The molecule has 20 heavy (non-hydrogen) atoms. The molecule has 2 heterocycles. The van der Waals surface area contributed by atoms with Gasteiger partial charge in [-0.2, -0.15) is 0 Å². The van der Waals surface area contributed by atoms with E-state index in [0.717, 1.165) is 25.9 Å². The summed E-state index contributed by atoms with van der Waals surface area (Å²) in [6.45, 7) is 9.97. The fraction of sp³-hybridized carbons (Fsp3) is 0.933. The van der Waals surface area contributed by atoms with Crippen molar-refractivity contribution >= 4 is 5.91 Å². The molecular weight excluding hydrogens is 254 g/mol. The summed E-state index contributed by atoms with van der Waals surface area (Å²) in [5.41, 5.74) is 5.70. The van der Waals surface area contributed by atoms with Crippen molar-refractivity contribution in [2.75, 3.05) is 26.3 Å². The summed E-state index contributed by atoms with van der Waals surface area (Å²) in [6.07, 6.45) is 3.27. The van der Waals surface area contributed by atoms with Crippen LogP contribution in [0.2, 0.25) is 0 Å². The van der Waals surface area contributed by atoms with E-state index in [2.05, 4.69) is 31.0 Å². The summed E-state index contributed by atoms with van der Waals surface area (Å²) in [5.74, 6) is 0.00927. The fourth-order valence-electron chi connectivity index (χ4n) is 2.99. The zero-order chi connectivity index (χ0) is 14.8. The number of nitrogens with zero attached hydrogens (tertiary/aromatic N) is 1. The van der Waals surface area contributed by atoms with Crippen LogP contribution in [0.5, 0.6) is 0 Å². The first kappa shape index (κ1) is 15.7. The highest BCUT2D eigenvalue weighted by Crippen LogP contribution is 2.22. The van der Waals surface area contributed by atoms with Crippen LogP contribution < -0.4 is 11.1 Å². The summed E-state index contributed by atoms with van der Waals surface area (Å²) in [6, 6.07) is 0.268. The molecule has 0 bridgehead atoms. The van der Waals surface area contributed by atoms with E-state index in [1.165, 1.54) is 0 Å². The van der Waals surface area contributed by atoms with Crippen molar-refractivity contribution in [3.05, 3.63) is 0 Å². The summed E-state index contributed by atoms with van der Waals surface area (Å²) in [5, 5.41) is 3.15. The van der Waals surface area contributed by atoms with E-state index in [0.29, 0.717) is 26.1 Å². The van der Waals surface area contributed by atoms with Gasteiger partial charge in [0.25, 0.3) is 0 Å². The van der Waals surface area contributed by atoms with Crippen molar-refractivity contribution in [3.8, 4) is 0 Å². The minimum Gasteiger partial charge on any atom is -0.381 e. The second-order valence-corrected chi connectivity index (χ2v) is 7.17. The first-order valence-electron chi connectivity index (χ1n) is 7.74. The van der Waals surface area contributed by atoms with Crippen LogP contribution in [0.15, 0.2) is 0 Å². The molecule has 2 saturated heterocycles. The number of nitrogens with two attached hydrogens (primary N) is 1. The molecule has 0 aromatic rings. The molecular formula is C15H29N3O2. The highest BCUT2D eigenvalue weighted by molar-refractivity contribution is 5.86. The third kappa shape index (κ3) is 3.71. The molecule has 0 saturated carbocycles. The van der Waals surface area contributed by atoms with E-state index in [-0.39, 0.29) is 17.5 Å². The van der Waals surface area contributed by atoms with Crippen molar-refractivity contribution in [2.45, 2.75) is 63.6 Å². The van der Waals surface area contributed by atoms with Crippen LogP contribution in [0.25, 0.3) is 0 Å². The third-order valence-corrected chi connectivity index (χ3v) is 4.62. The number of ether oxygens (including phenoxy) is 1. The number of amides is 1. The zero-order valence-electron chi connectivity index (χ0n) is 13.1. The maximum absolute atomic E-state index is 12.4. The monoisotopic (exact) mass is 283 g/mol. The Morgan fingerprint density at radius 3 is 2.30 bits per heavy atom. The number of carbonyl (C=O) groups excluding carboxylic acids is 1. The molecule has 0 atom stereocenters. The van der Waals surface area contributed by atoms with Crippen LogP contribution >= 0.6 is 0 Å². The van der Waals surface area contributed by atoms with E-state index in [1.807, 2.05) is 0 Å². The van der Waals surface area contributed by atoms with Gasteiger partial charge in [-0.05, 0) is 46.5 Å². The maximum atomic E-state index is 12.4. The van der Waals surface area contributed by atoms with Crippen LogP contribution in [-0.4, -0.2) is 54.2 Å². The first-order valence-corrected chi connectivity index (χ1v) is 7.74. The van der Waals surface area contributed by atoms with Gasteiger partial charge in [-0.25, -0.2) is 0 Å². The van der Waals surface area contributed by atoms with Gasteiger partial charge >= 0.3 is 0 Å². The topological polar surface area (TPSA) is 67.6 Å². The molecule has 5 nitrogen and oxygen atoms in total. The summed E-state index contributed by atoms with van der Waals surface area (Å²) in [4.78, 5) is 14.8. The van der Waals surface area contributed by atoms with E-state index < -0.39 is 5.54 Å². The number of carbonyl (C=O) groups is 1. The number of likely N-dealkylation sites (tertiary alicyclic amines) is 1. The van der Waals surface area contributed by atoms with Crippen LogP contribution in [0.4, 0.5) is 0 Å². The summed E-state index contributed by atoms with van der Waals surface area (Å²) >= 11 is 0. The number of piperidine rings is 1. The van der Waals surface area contributed by atoms with Crippen molar-refractivity contribution < 1.29 is 9.53 Å². The Morgan fingerprint density at radius 1 is 1.25 bits per heavy atom. The molecule has 5 heteroatoms. The zero-order valence-corrected chi connectivity index (χ0v) is 13.1. The summed E-state index contributed by atoms with van der Waals surface area (Å²) < 4.78 is 5.29. The lowest BCUT2D eigenvalue weighted by atomic mass is 9.89. The van der Waals surface area contributed by atoms with E-state index in [9.17, 15) is 4.79 Å². The molecule has 2 aliphatic rings. The van der Waals surface area contributed by atoms with Crippen LogP contribution in [0.1, 0.15) is 46.5 Å². The molecule has 0 unspecified atom stereocenters. The summed E-state index contributed by atoms with van der Waals surface area (Å²) in [7, 11) is 0. The lowest BCUT2D eigenvalue weighted by Gasteiger charge is -2.42. The molecule has 3 N–H and O–H groups in total. The van der Waals surface area contributed by atoms with Crippen LogP contribution in [0, 0.1) is 0 Å². The Bertz CT molecular complexity index is 338. The number of hydrogen-bond acceptors (Lipinski definition) is 4. The predicted octanol–water partition coefficient (Wildman–Crippen LogP) is 0.873. The van der Waals surface area contributed by atoms with E-state index in [1.54, 1.807) is 0 Å². The molecule has 0 radical (unpaired) electrons. The van der Waals surface area contributed by atoms with Crippen LogP contribution in [-0.2, 0) is 9.53 Å². The molecule has 116 valence electrons. The quantitative estimate of drug-likeness (QED) is 0.789. The van der Waals surface area contributed by atoms with Crippen molar-refractivity contribution in [3.63, 3.8) is 0 Å². The Labute approximate surface area is 122 Å². The van der Waals surface area contributed by atoms with Gasteiger partial charge in [-0.1, -0.05) is 0 Å². The average molecular weight is 283 g/mol. The van der Waals surface area contributed by atoms with E-state index >= 15 is 0 Å². The van der Waals surface area contributed by atoms with E-state index in [4.69, 9.17) is 10.5 Å². The van der Waals surface area contributed by atoms with Gasteiger partial charge in [0, 0.05) is 37.9 Å². The molecule has 0 aromatic carbocycles. The first-order chi connectivity index (χ1) is 9.31. The fourth-order valence-corrected chi connectivity index (χ4v) is 2.99. The van der Waals surface area contributed by atoms with Crippen molar-refractivity contribution in [1.29, 1.82) is 0 Å². The molecule has 2 fully saturated rings. The maximum Gasteiger partial charge on any atom is 0.240 e. The number of nitrogens with one attached hydrogen (secondary N) is 1. The molecule has 1 amide bonds. The Hall–Kier alpha value is -0.650. The highest BCUT2D eigenvalue weighted by atomic mass is 16.5. The highest BCUT2D eigenvalue weighted by Gasteiger charge is 2.37. The van der Waals surface area contributed by atoms with Gasteiger partial charge in [0.2, 0.25) is 5.91 Å². The molecule has 2 aliphatic heterocycles. The molecule has 0 aromatic heterocycles. The normalized spacial score (nSPS) is 25.4. The lowest BCUT2D eigenvalue weighted by molar-refractivity contribution is -0.130. The van der Waals surface area contributed by atoms with Crippen molar-refractivity contribution in [2.24, 2.45) is 5.73 Å². The van der Waals surface area contributed by atoms with Gasteiger partial charge in [0.1, 0.15) is 0 Å². The second-order valence-electron chi connectivity index (χ2n) is 7.17. The lowest BCUT2D eigenvalue weighted by Crippen LogP contribution is -2.60. The van der Waals surface area contributed by atoms with Gasteiger partial charge in [0.05, 0.1) is 5.54 Å². The molecule has 0 aliphatic carbocycles. The molecule has 0 spiro atoms. The number of hydrogen-bond donors (Lipinski definition) is 2. The second kappa shape index (κ2) is 6.00. The Kier molecular flexibility index (Phi) is 4.72. The average Bonchev–Trinajstić information content (AvgIpc) is 2.39. The SMILES string of the molecule is CC(C)(C)N1CCC(NC(=O)C2(N)CCOCC2)CC1. The largest absolute Gasteiger partial charge is 0.381 e. The van der Waals surface area contributed by atoms with Gasteiger partial charge in [-0.3, -0.25) is 9.69 Å².